The summed E-state index contributed by atoms with van der Waals surface area (Å²) in [5.41, 5.74) is 7.33. The largest absolute Gasteiger partial charge is 0.494 e. The van der Waals surface area contributed by atoms with Crippen LogP contribution in [0.1, 0.15) is 5.82 Å². The van der Waals surface area contributed by atoms with Gasteiger partial charge in [-0.15, -0.1) is 0 Å². The standard InChI is InChI=1S/C10H13N3O/c1-14-8-4-2-3-7-10(8)13-9(12-7)5-6-11/h2-4H,5-6,11H2,1H3,(H,12,13). The van der Waals surface area contributed by atoms with Gasteiger partial charge in [0.1, 0.15) is 17.1 Å². The number of H-pyrrole nitrogens is 1. The monoisotopic (exact) mass is 191 g/mol. The quantitative estimate of drug-likeness (QED) is 0.762. The lowest BCUT2D eigenvalue weighted by Crippen LogP contribution is -2.03. The average molecular weight is 191 g/mol. The molecule has 14 heavy (non-hydrogen) atoms. The number of hydrogen-bond donors (Lipinski definition) is 2. The maximum atomic E-state index is 5.46. The van der Waals surface area contributed by atoms with E-state index in [1.165, 1.54) is 0 Å². The number of aromatic amines is 1. The van der Waals surface area contributed by atoms with Crippen molar-refractivity contribution < 1.29 is 4.74 Å². The minimum Gasteiger partial charge on any atom is -0.494 e. The molecule has 0 atom stereocenters. The molecule has 2 rings (SSSR count). The maximum Gasteiger partial charge on any atom is 0.146 e. The molecule has 4 heteroatoms. The summed E-state index contributed by atoms with van der Waals surface area (Å²) in [5, 5.41) is 0. The van der Waals surface area contributed by atoms with Crippen LogP contribution in [-0.4, -0.2) is 23.6 Å². The predicted molar refractivity (Wildman–Crippen MR) is 55.4 cm³/mol. The van der Waals surface area contributed by atoms with Crippen molar-refractivity contribution in [3.63, 3.8) is 0 Å². The van der Waals surface area contributed by atoms with Crippen LogP contribution >= 0.6 is 0 Å². The van der Waals surface area contributed by atoms with E-state index in [2.05, 4.69) is 9.97 Å². The van der Waals surface area contributed by atoms with Crippen LogP contribution in [0.3, 0.4) is 0 Å². The Morgan fingerprint density at radius 3 is 3.07 bits per heavy atom. The van der Waals surface area contributed by atoms with Gasteiger partial charge in [0.05, 0.1) is 12.6 Å². The number of ether oxygens (including phenoxy) is 1. The van der Waals surface area contributed by atoms with Crippen LogP contribution in [-0.2, 0) is 6.42 Å². The smallest absolute Gasteiger partial charge is 0.146 e. The van der Waals surface area contributed by atoms with Gasteiger partial charge in [-0.2, -0.15) is 0 Å². The molecule has 0 unspecified atom stereocenters. The minimum absolute atomic E-state index is 0.599. The third-order valence-electron chi connectivity index (χ3n) is 2.13. The minimum atomic E-state index is 0.599. The second-order valence-corrected chi connectivity index (χ2v) is 3.08. The number of nitrogens with zero attached hydrogens (tertiary/aromatic N) is 1. The van der Waals surface area contributed by atoms with E-state index in [1.54, 1.807) is 7.11 Å². The number of hydrogen-bond acceptors (Lipinski definition) is 3. The second-order valence-electron chi connectivity index (χ2n) is 3.08. The number of fused-ring (bicyclic) bond motifs is 1. The van der Waals surface area contributed by atoms with Crippen LogP contribution in [0, 0.1) is 0 Å². The molecule has 0 bridgehead atoms. The van der Waals surface area contributed by atoms with Crippen molar-refractivity contribution in [2.24, 2.45) is 5.73 Å². The Labute approximate surface area is 82.1 Å². The molecule has 0 spiro atoms. The summed E-state index contributed by atoms with van der Waals surface area (Å²) in [6, 6.07) is 5.81. The van der Waals surface area contributed by atoms with Crippen molar-refractivity contribution in [2.45, 2.75) is 6.42 Å². The first-order valence-electron chi connectivity index (χ1n) is 4.57. The molecular weight excluding hydrogens is 178 g/mol. The molecule has 1 aromatic carbocycles. The van der Waals surface area contributed by atoms with E-state index in [1.807, 2.05) is 18.2 Å². The van der Waals surface area contributed by atoms with Crippen LogP contribution in [0.5, 0.6) is 5.75 Å². The molecule has 0 aliphatic rings. The number of benzene rings is 1. The van der Waals surface area contributed by atoms with Gasteiger partial charge in [-0.1, -0.05) is 6.07 Å². The lowest BCUT2D eigenvalue weighted by atomic mass is 10.3. The molecule has 0 aliphatic heterocycles. The van der Waals surface area contributed by atoms with Crippen LogP contribution < -0.4 is 10.5 Å². The molecule has 0 amide bonds. The van der Waals surface area contributed by atoms with Gasteiger partial charge in [0.25, 0.3) is 0 Å². The number of methoxy groups -OCH3 is 1. The van der Waals surface area contributed by atoms with Crippen LogP contribution in [0.25, 0.3) is 11.0 Å². The summed E-state index contributed by atoms with van der Waals surface area (Å²) >= 11 is 0. The van der Waals surface area contributed by atoms with E-state index in [0.717, 1.165) is 29.0 Å². The van der Waals surface area contributed by atoms with E-state index < -0.39 is 0 Å². The lowest BCUT2D eigenvalue weighted by Gasteiger charge is -1.97. The Bertz CT molecular complexity index is 436. The van der Waals surface area contributed by atoms with Gasteiger partial charge >= 0.3 is 0 Å². The number of para-hydroxylation sites is 1. The fourth-order valence-electron chi connectivity index (χ4n) is 1.48. The maximum absolute atomic E-state index is 5.46. The molecule has 74 valence electrons. The topological polar surface area (TPSA) is 63.9 Å². The molecule has 1 aromatic heterocycles. The first-order chi connectivity index (χ1) is 6.85. The Hall–Kier alpha value is -1.55. The Kier molecular flexibility index (Phi) is 2.37. The molecule has 0 aliphatic carbocycles. The first-order valence-corrected chi connectivity index (χ1v) is 4.57. The van der Waals surface area contributed by atoms with Gasteiger partial charge in [0.15, 0.2) is 0 Å². The van der Waals surface area contributed by atoms with Crippen LogP contribution in [0.4, 0.5) is 0 Å². The van der Waals surface area contributed by atoms with Crippen molar-refractivity contribution in [1.82, 2.24) is 9.97 Å². The number of nitrogens with two attached hydrogens (primary N) is 1. The zero-order valence-electron chi connectivity index (χ0n) is 8.08. The van der Waals surface area contributed by atoms with E-state index >= 15 is 0 Å². The van der Waals surface area contributed by atoms with Crippen molar-refractivity contribution in [3.8, 4) is 5.75 Å². The van der Waals surface area contributed by atoms with Gasteiger partial charge in [0, 0.05) is 6.42 Å². The molecule has 0 fully saturated rings. The Balaban J connectivity index is 2.52. The molecular formula is C10H13N3O. The highest BCUT2D eigenvalue weighted by molar-refractivity contribution is 5.81. The van der Waals surface area contributed by atoms with Crippen LogP contribution in [0.15, 0.2) is 18.2 Å². The average Bonchev–Trinajstić information content (AvgIpc) is 2.60. The van der Waals surface area contributed by atoms with Gasteiger partial charge in [0.2, 0.25) is 0 Å². The number of nitrogens with one attached hydrogen (secondary N) is 1. The molecule has 1 heterocycles. The summed E-state index contributed by atoms with van der Waals surface area (Å²) in [6.07, 6.45) is 0.762. The number of imidazole rings is 1. The molecule has 4 nitrogen and oxygen atoms in total. The van der Waals surface area contributed by atoms with Crippen molar-refractivity contribution >= 4 is 11.0 Å². The zero-order valence-corrected chi connectivity index (χ0v) is 8.08. The Morgan fingerprint density at radius 1 is 1.50 bits per heavy atom. The second kappa shape index (κ2) is 3.67. The fourth-order valence-corrected chi connectivity index (χ4v) is 1.48. The van der Waals surface area contributed by atoms with Crippen molar-refractivity contribution in [1.29, 1.82) is 0 Å². The van der Waals surface area contributed by atoms with Crippen molar-refractivity contribution in [2.75, 3.05) is 13.7 Å². The summed E-state index contributed by atoms with van der Waals surface area (Å²) in [4.78, 5) is 7.61. The molecule has 0 saturated heterocycles. The molecule has 0 radical (unpaired) electrons. The number of aromatic nitrogens is 2. The van der Waals surface area contributed by atoms with Gasteiger partial charge in [-0.05, 0) is 18.7 Å². The Morgan fingerprint density at radius 2 is 2.36 bits per heavy atom. The van der Waals surface area contributed by atoms with Gasteiger partial charge in [-0.3, -0.25) is 0 Å². The highest BCUT2D eigenvalue weighted by Gasteiger charge is 2.06. The van der Waals surface area contributed by atoms with Gasteiger partial charge in [-0.25, -0.2) is 4.98 Å². The van der Waals surface area contributed by atoms with Gasteiger partial charge < -0.3 is 15.5 Å². The zero-order chi connectivity index (χ0) is 9.97. The lowest BCUT2D eigenvalue weighted by molar-refractivity contribution is 0.419. The summed E-state index contributed by atoms with van der Waals surface area (Å²) in [6.45, 7) is 0.599. The molecule has 2 aromatic rings. The highest BCUT2D eigenvalue weighted by Crippen LogP contribution is 2.22. The summed E-state index contributed by atoms with van der Waals surface area (Å²) in [5.74, 6) is 1.70. The van der Waals surface area contributed by atoms with Crippen LogP contribution in [0.2, 0.25) is 0 Å². The third-order valence-corrected chi connectivity index (χ3v) is 2.13. The molecule has 3 N–H and O–H groups in total. The van der Waals surface area contributed by atoms with E-state index in [0.29, 0.717) is 6.54 Å². The van der Waals surface area contributed by atoms with E-state index in [4.69, 9.17) is 10.5 Å². The summed E-state index contributed by atoms with van der Waals surface area (Å²) in [7, 11) is 1.64. The fraction of sp³-hybridized carbons (Fsp3) is 0.300. The normalized spacial score (nSPS) is 10.7. The molecule has 0 saturated carbocycles. The van der Waals surface area contributed by atoms with Crippen molar-refractivity contribution in [3.05, 3.63) is 24.0 Å². The number of rotatable bonds is 3. The SMILES string of the molecule is COc1cccc2[nH]c(CCN)nc12. The third kappa shape index (κ3) is 1.44. The first kappa shape index (κ1) is 9.02. The van der Waals surface area contributed by atoms with E-state index in [9.17, 15) is 0 Å². The predicted octanol–water partition coefficient (Wildman–Crippen LogP) is 1.07. The summed E-state index contributed by atoms with van der Waals surface area (Å²) < 4.78 is 5.21. The highest BCUT2D eigenvalue weighted by atomic mass is 16.5. The van der Waals surface area contributed by atoms with E-state index in [-0.39, 0.29) is 0 Å².